The van der Waals surface area contributed by atoms with E-state index in [0.717, 1.165) is 0 Å². The molecule has 1 nitrogen and oxygen atoms in total. The number of hydrogen-bond donors (Lipinski definition) is 0. The molecule has 4 unspecified atom stereocenters. The van der Waals surface area contributed by atoms with Gasteiger partial charge in [0.2, 0.25) is 0 Å². The summed E-state index contributed by atoms with van der Waals surface area (Å²) in [5.74, 6) is 0. The van der Waals surface area contributed by atoms with Gasteiger partial charge in [0.1, 0.15) is 0 Å². The van der Waals surface area contributed by atoms with Gasteiger partial charge in [0, 0.05) is 9.65 Å². The number of halogens is 2. The van der Waals surface area contributed by atoms with Gasteiger partial charge in [-0.3, -0.25) is 0 Å². The maximum Gasteiger partial charge on any atom is 0.0956 e. The summed E-state index contributed by atoms with van der Waals surface area (Å²) in [6, 6.07) is 20.7. The van der Waals surface area contributed by atoms with Crippen LogP contribution in [0.3, 0.4) is 0 Å². The third-order valence-corrected chi connectivity index (χ3v) is 4.34. The van der Waals surface area contributed by atoms with Crippen LogP contribution < -0.4 is 0 Å². The van der Waals surface area contributed by atoms with Crippen LogP contribution in [0.2, 0.25) is 0 Å². The molecule has 0 saturated heterocycles. The molecule has 0 aliphatic rings. The zero-order valence-corrected chi connectivity index (χ0v) is 15.4. The second kappa shape index (κ2) is 8.11. The molecule has 0 saturated carbocycles. The van der Waals surface area contributed by atoms with Crippen molar-refractivity contribution < 1.29 is 4.74 Å². The van der Waals surface area contributed by atoms with Crippen LogP contribution in [-0.2, 0) is 4.74 Å². The summed E-state index contributed by atoms with van der Waals surface area (Å²) < 4.78 is 6.45. The molecule has 21 heavy (non-hydrogen) atoms. The van der Waals surface area contributed by atoms with Crippen LogP contribution in [-0.4, -0.2) is 9.65 Å². The van der Waals surface area contributed by atoms with Gasteiger partial charge in [-0.25, -0.2) is 0 Å². The fraction of sp³-hybridized carbons (Fsp3) is 0.333. The SMILES string of the molecule is CC(Br)C(OC(c1ccccc1)C(C)Br)c1ccccc1. The lowest BCUT2D eigenvalue weighted by Gasteiger charge is -2.29. The number of alkyl halides is 2. The monoisotopic (exact) mass is 410 g/mol. The lowest BCUT2D eigenvalue weighted by molar-refractivity contribution is -0.0111. The molecule has 0 aliphatic carbocycles. The Labute approximate surface area is 144 Å². The van der Waals surface area contributed by atoms with Crippen LogP contribution >= 0.6 is 31.9 Å². The maximum atomic E-state index is 6.45. The molecular formula is C18H20Br2O. The lowest BCUT2D eigenvalue weighted by Crippen LogP contribution is -2.21. The first-order valence-corrected chi connectivity index (χ1v) is 8.96. The molecular weight excluding hydrogens is 392 g/mol. The zero-order chi connectivity index (χ0) is 15.2. The van der Waals surface area contributed by atoms with Gasteiger partial charge < -0.3 is 4.74 Å². The molecule has 0 spiro atoms. The van der Waals surface area contributed by atoms with E-state index in [-0.39, 0.29) is 21.9 Å². The number of benzene rings is 2. The van der Waals surface area contributed by atoms with Crippen LogP contribution in [0.15, 0.2) is 60.7 Å². The van der Waals surface area contributed by atoms with Crippen LogP contribution in [0.25, 0.3) is 0 Å². The second-order valence-electron chi connectivity index (χ2n) is 5.15. The summed E-state index contributed by atoms with van der Waals surface area (Å²) in [6.07, 6.45) is 0.0211. The van der Waals surface area contributed by atoms with E-state index in [9.17, 15) is 0 Å². The normalized spacial score (nSPS) is 17.0. The van der Waals surface area contributed by atoms with E-state index in [0.29, 0.717) is 0 Å². The molecule has 2 aromatic carbocycles. The number of rotatable bonds is 6. The van der Waals surface area contributed by atoms with Crippen molar-refractivity contribution >= 4 is 31.9 Å². The molecule has 0 heterocycles. The molecule has 0 aromatic heterocycles. The first-order chi connectivity index (χ1) is 10.1. The molecule has 4 atom stereocenters. The van der Waals surface area contributed by atoms with E-state index in [4.69, 9.17) is 4.74 Å². The highest BCUT2D eigenvalue weighted by Gasteiger charge is 2.26. The predicted octanol–water partition coefficient (Wildman–Crippen LogP) is 6.05. The molecule has 0 aliphatic heterocycles. The van der Waals surface area contributed by atoms with Crippen molar-refractivity contribution in [1.29, 1.82) is 0 Å². The molecule has 0 amide bonds. The van der Waals surface area contributed by atoms with Crippen molar-refractivity contribution in [2.45, 2.75) is 35.7 Å². The third-order valence-electron chi connectivity index (χ3n) is 3.38. The largest absolute Gasteiger partial charge is 0.363 e. The molecule has 3 heteroatoms. The minimum absolute atomic E-state index is 0.0106. The quantitative estimate of drug-likeness (QED) is 0.525. The fourth-order valence-corrected chi connectivity index (χ4v) is 3.21. The Morgan fingerprint density at radius 1 is 0.667 bits per heavy atom. The summed E-state index contributed by atoms with van der Waals surface area (Å²) >= 11 is 7.37. The van der Waals surface area contributed by atoms with E-state index in [2.05, 4.69) is 94.2 Å². The van der Waals surface area contributed by atoms with E-state index in [1.807, 2.05) is 12.1 Å². The number of hydrogen-bond acceptors (Lipinski definition) is 1. The van der Waals surface area contributed by atoms with Gasteiger partial charge in [-0.2, -0.15) is 0 Å². The van der Waals surface area contributed by atoms with Crippen LogP contribution in [0.4, 0.5) is 0 Å². The Balaban J connectivity index is 2.25. The molecule has 0 N–H and O–H groups in total. The van der Waals surface area contributed by atoms with Gasteiger partial charge in [-0.1, -0.05) is 92.5 Å². The predicted molar refractivity (Wildman–Crippen MR) is 96.2 cm³/mol. The van der Waals surface area contributed by atoms with Gasteiger partial charge in [-0.15, -0.1) is 0 Å². The van der Waals surface area contributed by atoms with Gasteiger partial charge >= 0.3 is 0 Å². The zero-order valence-electron chi connectivity index (χ0n) is 12.2. The summed E-state index contributed by atoms with van der Waals surface area (Å²) in [6.45, 7) is 4.25. The molecule has 0 bridgehead atoms. The van der Waals surface area contributed by atoms with Crippen molar-refractivity contribution in [1.82, 2.24) is 0 Å². The molecule has 0 radical (unpaired) electrons. The smallest absolute Gasteiger partial charge is 0.0956 e. The van der Waals surface area contributed by atoms with Gasteiger partial charge in [0.15, 0.2) is 0 Å². The Kier molecular flexibility index (Phi) is 6.46. The van der Waals surface area contributed by atoms with Crippen LogP contribution in [0, 0.1) is 0 Å². The average Bonchev–Trinajstić information content (AvgIpc) is 2.49. The molecule has 2 rings (SSSR count). The number of ether oxygens (including phenoxy) is 1. The molecule has 0 fully saturated rings. The maximum absolute atomic E-state index is 6.45. The highest BCUT2D eigenvalue weighted by atomic mass is 79.9. The van der Waals surface area contributed by atoms with E-state index in [1.54, 1.807) is 0 Å². The first-order valence-electron chi connectivity index (χ1n) is 7.13. The Hall–Kier alpha value is -0.640. The second-order valence-corrected chi connectivity index (χ2v) is 8.04. The van der Waals surface area contributed by atoms with E-state index in [1.165, 1.54) is 11.1 Å². The summed E-state index contributed by atoms with van der Waals surface area (Å²) in [5.41, 5.74) is 2.38. The van der Waals surface area contributed by atoms with Crippen molar-refractivity contribution in [3.63, 3.8) is 0 Å². The van der Waals surface area contributed by atoms with Crippen LogP contribution in [0.5, 0.6) is 0 Å². The van der Waals surface area contributed by atoms with E-state index >= 15 is 0 Å². The van der Waals surface area contributed by atoms with Crippen molar-refractivity contribution in [2.24, 2.45) is 0 Å². The van der Waals surface area contributed by atoms with Crippen molar-refractivity contribution in [2.75, 3.05) is 0 Å². The third kappa shape index (κ3) is 4.67. The van der Waals surface area contributed by atoms with Crippen molar-refractivity contribution in [3.8, 4) is 0 Å². The average molecular weight is 412 g/mol. The van der Waals surface area contributed by atoms with Crippen LogP contribution in [0.1, 0.15) is 37.2 Å². The minimum Gasteiger partial charge on any atom is -0.363 e. The fourth-order valence-electron chi connectivity index (χ4n) is 2.35. The first kappa shape index (κ1) is 16.7. The summed E-state index contributed by atoms with van der Waals surface area (Å²) in [5, 5.41) is 0. The van der Waals surface area contributed by atoms with Gasteiger partial charge in [0.05, 0.1) is 12.2 Å². The Morgan fingerprint density at radius 2 is 1.00 bits per heavy atom. The standard InChI is InChI=1S/C18H20Br2O/c1-13(19)17(15-9-5-3-6-10-15)21-18(14(2)20)16-11-7-4-8-12-16/h3-14,17-18H,1-2H3. The lowest BCUT2D eigenvalue weighted by atomic mass is 10.0. The Morgan fingerprint density at radius 3 is 1.29 bits per heavy atom. The highest BCUT2D eigenvalue weighted by molar-refractivity contribution is 9.09. The molecule has 2 aromatic rings. The van der Waals surface area contributed by atoms with Gasteiger partial charge in [-0.05, 0) is 25.0 Å². The highest BCUT2D eigenvalue weighted by Crippen LogP contribution is 2.35. The molecule has 112 valence electrons. The minimum atomic E-state index is 0.0106. The summed E-state index contributed by atoms with van der Waals surface area (Å²) in [4.78, 5) is 0.467. The Bertz CT molecular complexity index is 476. The topological polar surface area (TPSA) is 9.23 Å². The van der Waals surface area contributed by atoms with E-state index < -0.39 is 0 Å². The van der Waals surface area contributed by atoms with Gasteiger partial charge in [0.25, 0.3) is 0 Å². The summed E-state index contributed by atoms with van der Waals surface area (Å²) in [7, 11) is 0. The van der Waals surface area contributed by atoms with Crippen molar-refractivity contribution in [3.05, 3.63) is 71.8 Å².